The van der Waals surface area contributed by atoms with E-state index in [0.717, 1.165) is 16.9 Å². The number of hydrogen-bond donors (Lipinski definition) is 2. The molecule has 10 heavy (non-hydrogen) atoms. The zero-order valence-electron chi connectivity index (χ0n) is 4.81. The Hall–Kier alpha value is 1.38. The zero-order valence-corrected chi connectivity index (χ0v) is 10.9. The fourth-order valence-corrected chi connectivity index (χ4v) is 2.25. The summed E-state index contributed by atoms with van der Waals surface area (Å²) < 4.78 is 2.29. The summed E-state index contributed by atoms with van der Waals surface area (Å²) in [5.41, 5.74) is 0. The van der Waals surface area contributed by atoms with Gasteiger partial charge in [-0.25, -0.2) is 0 Å². The van der Waals surface area contributed by atoms with Crippen molar-refractivity contribution in [1.82, 2.24) is 0 Å². The Morgan fingerprint density at radius 3 is 1.50 bits per heavy atom. The van der Waals surface area contributed by atoms with Crippen LogP contribution >= 0.6 is 70.4 Å². The van der Waals surface area contributed by atoms with Crippen LogP contribution in [0.25, 0.3) is 0 Å². The molecule has 0 aromatic heterocycles. The van der Waals surface area contributed by atoms with Crippen LogP contribution in [0.1, 0.15) is 0 Å². The Morgan fingerprint density at radius 1 is 0.900 bits per heavy atom. The highest BCUT2D eigenvalue weighted by Gasteiger charge is 2.02. The van der Waals surface area contributed by atoms with Crippen LogP contribution in [-0.4, -0.2) is 0 Å². The van der Waals surface area contributed by atoms with Crippen LogP contribution in [0.3, 0.4) is 0 Å². The first-order chi connectivity index (χ1) is 4.63. The van der Waals surface area contributed by atoms with E-state index in [1.165, 1.54) is 0 Å². The summed E-state index contributed by atoms with van der Waals surface area (Å²) in [7, 11) is 0. The second-order valence-corrected chi connectivity index (χ2v) is 4.95. The van der Waals surface area contributed by atoms with Crippen LogP contribution in [0, 0.1) is 7.14 Å². The van der Waals surface area contributed by atoms with E-state index in [4.69, 9.17) is 0 Å². The first-order valence-corrected chi connectivity index (χ1v) is 5.54. The summed E-state index contributed by atoms with van der Waals surface area (Å²) in [5.74, 6) is 0. The van der Waals surface area contributed by atoms with Crippen molar-refractivity contribution in [3.05, 3.63) is 19.3 Å². The third-order valence-corrected chi connectivity index (χ3v) is 4.81. The van der Waals surface area contributed by atoms with Crippen molar-refractivity contribution in [2.24, 2.45) is 0 Å². The molecule has 0 aliphatic rings. The first kappa shape index (κ1) is 9.47. The van der Waals surface area contributed by atoms with E-state index in [9.17, 15) is 0 Å². The van der Waals surface area contributed by atoms with E-state index < -0.39 is 0 Å². The molecule has 0 spiro atoms. The fraction of sp³-hybridized carbons (Fsp3) is 0. The van der Waals surface area contributed by atoms with E-state index in [1.54, 1.807) is 0 Å². The van der Waals surface area contributed by atoms with Gasteiger partial charge in [0.05, 0.1) is 0 Å². The molecule has 54 valence electrons. The van der Waals surface area contributed by atoms with Crippen molar-refractivity contribution in [3.8, 4) is 0 Å². The number of benzene rings is 1. The zero-order chi connectivity index (χ0) is 7.72. The molecule has 0 nitrogen and oxygen atoms in total. The van der Waals surface area contributed by atoms with E-state index in [-0.39, 0.29) is 0 Å². The van der Waals surface area contributed by atoms with E-state index >= 15 is 0 Å². The number of rotatable bonds is 0. The standard InChI is InChI=1S/C6H4I2S2/c7-3-1-2-4(8)6(10)5(3)9/h1-2,9-10H. The normalized spacial score (nSPS) is 10.0. The summed E-state index contributed by atoms with van der Waals surface area (Å²) >= 11 is 13.1. The van der Waals surface area contributed by atoms with Gasteiger partial charge in [0.15, 0.2) is 0 Å². The maximum absolute atomic E-state index is 4.29. The van der Waals surface area contributed by atoms with Gasteiger partial charge in [-0.05, 0) is 57.3 Å². The van der Waals surface area contributed by atoms with Gasteiger partial charge >= 0.3 is 0 Å². The van der Waals surface area contributed by atoms with Crippen molar-refractivity contribution in [3.63, 3.8) is 0 Å². The lowest BCUT2D eigenvalue weighted by molar-refractivity contribution is 1.20. The van der Waals surface area contributed by atoms with Gasteiger partial charge in [0.2, 0.25) is 0 Å². The lowest BCUT2D eigenvalue weighted by Crippen LogP contribution is -1.81. The maximum atomic E-state index is 4.29. The monoisotopic (exact) mass is 394 g/mol. The molecule has 1 aromatic rings. The fourth-order valence-electron chi connectivity index (χ4n) is 0.530. The molecule has 0 heterocycles. The molecule has 1 rings (SSSR count). The van der Waals surface area contributed by atoms with Crippen LogP contribution in [0.5, 0.6) is 0 Å². The van der Waals surface area contributed by atoms with Crippen LogP contribution < -0.4 is 0 Å². The second-order valence-electron chi connectivity index (χ2n) is 1.73. The minimum Gasteiger partial charge on any atom is -0.141 e. The van der Waals surface area contributed by atoms with Crippen LogP contribution in [0.2, 0.25) is 0 Å². The molecule has 0 radical (unpaired) electrons. The minimum atomic E-state index is 0.968. The maximum Gasteiger partial charge on any atom is 0.0319 e. The Bertz CT molecular complexity index is 233. The molecule has 1 aromatic carbocycles. The Morgan fingerprint density at radius 2 is 1.20 bits per heavy atom. The van der Waals surface area contributed by atoms with Gasteiger partial charge in [0, 0.05) is 16.9 Å². The molecule has 0 saturated heterocycles. The van der Waals surface area contributed by atoms with Gasteiger partial charge in [-0.15, -0.1) is 25.3 Å². The average molecular weight is 394 g/mol. The first-order valence-electron chi connectivity index (χ1n) is 2.49. The number of halogens is 2. The van der Waals surface area contributed by atoms with Crippen molar-refractivity contribution in [2.45, 2.75) is 9.79 Å². The van der Waals surface area contributed by atoms with Crippen LogP contribution in [0.15, 0.2) is 21.9 Å². The highest BCUT2D eigenvalue weighted by atomic mass is 127. The van der Waals surface area contributed by atoms with Gasteiger partial charge in [-0.3, -0.25) is 0 Å². The largest absolute Gasteiger partial charge is 0.141 e. The molecule has 0 aliphatic heterocycles. The van der Waals surface area contributed by atoms with Crippen LogP contribution in [0.4, 0.5) is 0 Å². The van der Waals surface area contributed by atoms with Gasteiger partial charge in [-0.1, -0.05) is 0 Å². The third kappa shape index (κ3) is 1.95. The predicted octanol–water partition coefficient (Wildman–Crippen LogP) is 3.47. The molecular formula is C6H4I2S2. The van der Waals surface area contributed by atoms with E-state index in [1.807, 2.05) is 12.1 Å². The highest BCUT2D eigenvalue weighted by molar-refractivity contribution is 14.1. The third-order valence-electron chi connectivity index (χ3n) is 1.05. The predicted molar refractivity (Wildman–Crippen MR) is 66.4 cm³/mol. The minimum absolute atomic E-state index is 0.968. The smallest absolute Gasteiger partial charge is 0.0319 e. The molecule has 0 unspecified atom stereocenters. The SMILES string of the molecule is Sc1c(I)ccc(I)c1S. The lowest BCUT2D eigenvalue weighted by atomic mass is 10.4. The van der Waals surface area contributed by atoms with Gasteiger partial charge in [0.25, 0.3) is 0 Å². The molecule has 0 N–H and O–H groups in total. The van der Waals surface area contributed by atoms with Crippen molar-refractivity contribution < 1.29 is 0 Å². The van der Waals surface area contributed by atoms with Gasteiger partial charge in [-0.2, -0.15) is 0 Å². The molecule has 0 fully saturated rings. The Kier molecular flexibility index (Phi) is 3.66. The van der Waals surface area contributed by atoms with Crippen molar-refractivity contribution in [2.75, 3.05) is 0 Å². The molecule has 0 bridgehead atoms. The van der Waals surface area contributed by atoms with Crippen LogP contribution in [-0.2, 0) is 0 Å². The topological polar surface area (TPSA) is 0 Å². The Balaban J connectivity index is 3.34. The summed E-state index contributed by atoms with van der Waals surface area (Å²) in [5, 5.41) is 0. The number of thiol groups is 2. The van der Waals surface area contributed by atoms with Crippen molar-refractivity contribution in [1.29, 1.82) is 0 Å². The summed E-state index contributed by atoms with van der Waals surface area (Å²) in [4.78, 5) is 1.94. The van der Waals surface area contributed by atoms with Gasteiger partial charge in [0.1, 0.15) is 0 Å². The summed E-state index contributed by atoms with van der Waals surface area (Å²) in [6.07, 6.45) is 0. The highest BCUT2D eigenvalue weighted by Crippen LogP contribution is 2.28. The Labute approximate surface area is 98.3 Å². The summed E-state index contributed by atoms with van der Waals surface area (Å²) in [6, 6.07) is 4.06. The second kappa shape index (κ2) is 3.86. The molecular weight excluding hydrogens is 390 g/mol. The molecule has 4 heteroatoms. The average Bonchev–Trinajstić information content (AvgIpc) is 1.93. The van der Waals surface area contributed by atoms with Gasteiger partial charge < -0.3 is 0 Å². The molecule has 0 amide bonds. The van der Waals surface area contributed by atoms with Crippen molar-refractivity contribution >= 4 is 70.4 Å². The van der Waals surface area contributed by atoms with E-state index in [2.05, 4.69) is 70.4 Å². The summed E-state index contributed by atoms with van der Waals surface area (Å²) in [6.45, 7) is 0. The van der Waals surface area contributed by atoms with E-state index in [0.29, 0.717) is 0 Å². The molecule has 0 aliphatic carbocycles. The molecule has 0 saturated carbocycles. The quantitative estimate of drug-likeness (QED) is 0.489. The lowest BCUT2D eigenvalue weighted by Gasteiger charge is -2.01. The molecule has 0 atom stereocenters. The number of hydrogen-bond acceptors (Lipinski definition) is 2.